The van der Waals surface area contributed by atoms with E-state index in [-0.39, 0.29) is 0 Å². The Morgan fingerprint density at radius 3 is 2.43 bits per heavy atom. The van der Waals surface area contributed by atoms with E-state index in [0.717, 1.165) is 6.54 Å². The largest absolute Gasteiger partial charge is 0.389 e. The van der Waals surface area contributed by atoms with Crippen LogP contribution in [0.3, 0.4) is 0 Å². The lowest BCUT2D eigenvalue weighted by atomic mass is 10.1. The number of nitrogens with one attached hydrogen (secondary N) is 1. The highest BCUT2D eigenvalue weighted by molar-refractivity contribution is 4.76. The molecule has 1 aliphatic rings. The van der Waals surface area contributed by atoms with E-state index in [0.29, 0.717) is 12.6 Å². The third-order valence-corrected chi connectivity index (χ3v) is 2.76. The number of likely N-dealkylation sites (tertiary alicyclic amines) is 1. The van der Waals surface area contributed by atoms with Crippen molar-refractivity contribution in [1.82, 2.24) is 10.2 Å². The fourth-order valence-electron chi connectivity index (χ4n) is 1.90. The summed E-state index contributed by atoms with van der Waals surface area (Å²) in [5, 5.41) is 12.8. The Morgan fingerprint density at radius 1 is 1.36 bits per heavy atom. The van der Waals surface area contributed by atoms with Gasteiger partial charge >= 0.3 is 0 Å². The summed E-state index contributed by atoms with van der Waals surface area (Å²) in [5.41, 5.74) is -0.593. The monoisotopic (exact) mass is 200 g/mol. The summed E-state index contributed by atoms with van der Waals surface area (Å²) in [7, 11) is 0. The van der Waals surface area contributed by atoms with E-state index in [1.165, 1.54) is 25.9 Å². The molecule has 0 radical (unpaired) electrons. The minimum atomic E-state index is -0.593. The molecular formula is C11H24N2O. The van der Waals surface area contributed by atoms with Crippen LogP contribution in [0.1, 0.15) is 33.6 Å². The molecule has 0 saturated carbocycles. The second-order valence-electron chi connectivity index (χ2n) is 5.04. The van der Waals surface area contributed by atoms with Gasteiger partial charge in [-0.15, -0.1) is 0 Å². The number of hydrogen-bond acceptors (Lipinski definition) is 3. The Hall–Kier alpha value is -0.120. The highest BCUT2D eigenvalue weighted by Gasteiger charge is 2.18. The predicted octanol–water partition coefficient (Wildman–Crippen LogP) is 0.831. The average molecular weight is 200 g/mol. The van der Waals surface area contributed by atoms with Crippen molar-refractivity contribution in [2.75, 3.05) is 26.2 Å². The lowest BCUT2D eigenvalue weighted by Gasteiger charge is -2.26. The van der Waals surface area contributed by atoms with E-state index in [9.17, 15) is 5.11 Å². The zero-order valence-electron chi connectivity index (χ0n) is 9.71. The summed E-state index contributed by atoms with van der Waals surface area (Å²) in [5.74, 6) is 0. The zero-order valence-corrected chi connectivity index (χ0v) is 9.71. The van der Waals surface area contributed by atoms with Crippen molar-refractivity contribution in [3.8, 4) is 0 Å². The molecule has 84 valence electrons. The van der Waals surface area contributed by atoms with E-state index in [4.69, 9.17) is 0 Å². The summed E-state index contributed by atoms with van der Waals surface area (Å²) in [6, 6.07) is 0.597. The molecule has 1 fully saturated rings. The van der Waals surface area contributed by atoms with Crippen LogP contribution in [0.25, 0.3) is 0 Å². The number of nitrogens with zero attached hydrogens (tertiary/aromatic N) is 1. The molecule has 3 nitrogen and oxygen atoms in total. The van der Waals surface area contributed by atoms with Crippen LogP contribution in [-0.4, -0.2) is 47.8 Å². The van der Waals surface area contributed by atoms with Crippen molar-refractivity contribution in [3.05, 3.63) is 0 Å². The van der Waals surface area contributed by atoms with Crippen molar-refractivity contribution in [3.63, 3.8) is 0 Å². The van der Waals surface area contributed by atoms with Gasteiger partial charge in [-0.05, 0) is 46.7 Å². The van der Waals surface area contributed by atoms with Crippen LogP contribution in [0, 0.1) is 0 Å². The maximum atomic E-state index is 9.52. The van der Waals surface area contributed by atoms with Gasteiger partial charge in [0.2, 0.25) is 0 Å². The van der Waals surface area contributed by atoms with Crippen molar-refractivity contribution in [2.24, 2.45) is 0 Å². The van der Waals surface area contributed by atoms with Gasteiger partial charge < -0.3 is 10.4 Å². The van der Waals surface area contributed by atoms with Crippen LogP contribution in [0.4, 0.5) is 0 Å². The number of hydrogen-bond donors (Lipinski definition) is 2. The van der Waals surface area contributed by atoms with Gasteiger partial charge in [-0.1, -0.05) is 0 Å². The minimum absolute atomic E-state index is 0.593. The lowest BCUT2D eigenvalue weighted by Crippen LogP contribution is -2.43. The van der Waals surface area contributed by atoms with Crippen LogP contribution in [0.2, 0.25) is 0 Å². The van der Waals surface area contributed by atoms with Crippen molar-refractivity contribution in [1.29, 1.82) is 0 Å². The van der Waals surface area contributed by atoms with Gasteiger partial charge in [-0.2, -0.15) is 0 Å². The second kappa shape index (κ2) is 5.10. The fourth-order valence-corrected chi connectivity index (χ4v) is 1.90. The zero-order chi connectivity index (χ0) is 10.6. The molecule has 1 saturated heterocycles. The Labute approximate surface area is 87.5 Å². The third kappa shape index (κ3) is 4.40. The van der Waals surface area contributed by atoms with Gasteiger partial charge in [0.25, 0.3) is 0 Å². The quantitative estimate of drug-likeness (QED) is 0.690. The standard InChI is InChI=1S/C11H24N2O/c1-10(13-6-4-5-7-13)8-12-9-11(2,3)14/h10,12,14H,4-9H2,1-3H3. The summed E-state index contributed by atoms with van der Waals surface area (Å²) in [6.07, 6.45) is 2.69. The van der Waals surface area contributed by atoms with Gasteiger partial charge in [-0.3, -0.25) is 4.90 Å². The number of aliphatic hydroxyl groups is 1. The van der Waals surface area contributed by atoms with Gasteiger partial charge in [0, 0.05) is 19.1 Å². The lowest BCUT2D eigenvalue weighted by molar-refractivity contribution is 0.0776. The Morgan fingerprint density at radius 2 is 1.93 bits per heavy atom. The van der Waals surface area contributed by atoms with Crippen LogP contribution in [-0.2, 0) is 0 Å². The van der Waals surface area contributed by atoms with Gasteiger partial charge in [0.15, 0.2) is 0 Å². The summed E-state index contributed by atoms with van der Waals surface area (Å²) >= 11 is 0. The molecule has 0 aromatic carbocycles. The molecule has 1 aliphatic heterocycles. The first-order valence-corrected chi connectivity index (χ1v) is 5.66. The molecule has 0 aromatic rings. The number of rotatable bonds is 5. The van der Waals surface area contributed by atoms with Crippen molar-refractivity contribution >= 4 is 0 Å². The first-order chi connectivity index (χ1) is 6.49. The maximum Gasteiger partial charge on any atom is 0.0715 e. The fraction of sp³-hybridized carbons (Fsp3) is 1.00. The highest BCUT2D eigenvalue weighted by atomic mass is 16.3. The van der Waals surface area contributed by atoms with Gasteiger partial charge in [-0.25, -0.2) is 0 Å². The highest BCUT2D eigenvalue weighted by Crippen LogP contribution is 2.10. The van der Waals surface area contributed by atoms with Crippen LogP contribution in [0.15, 0.2) is 0 Å². The second-order valence-corrected chi connectivity index (χ2v) is 5.04. The van der Waals surface area contributed by atoms with Crippen LogP contribution >= 0.6 is 0 Å². The molecule has 1 unspecified atom stereocenters. The molecule has 0 aliphatic carbocycles. The Bertz CT molecular complexity index is 159. The third-order valence-electron chi connectivity index (χ3n) is 2.76. The Kier molecular flexibility index (Phi) is 4.35. The molecule has 0 aromatic heterocycles. The van der Waals surface area contributed by atoms with Gasteiger partial charge in [0.1, 0.15) is 0 Å². The van der Waals surface area contributed by atoms with E-state index >= 15 is 0 Å². The molecule has 1 rings (SSSR count). The summed E-state index contributed by atoms with van der Waals surface area (Å²) in [4.78, 5) is 2.51. The molecule has 1 atom stereocenters. The summed E-state index contributed by atoms with van der Waals surface area (Å²) < 4.78 is 0. The molecule has 2 N–H and O–H groups in total. The summed E-state index contributed by atoms with van der Waals surface area (Å²) in [6.45, 7) is 10.1. The smallest absolute Gasteiger partial charge is 0.0715 e. The molecular weight excluding hydrogens is 176 g/mol. The van der Waals surface area contributed by atoms with E-state index in [1.54, 1.807) is 0 Å². The van der Waals surface area contributed by atoms with E-state index < -0.39 is 5.60 Å². The minimum Gasteiger partial charge on any atom is -0.389 e. The molecule has 0 bridgehead atoms. The van der Waals surface area contributed by atoms with Crippen LogP contribution < -0.4 is 5.32 Å². The predicted molar refractivity (Wildman–Crippen MR) is 59.4 cm³/mol. The van der Waals surface area contributed by atoms with Gasteiger partial charge in [0.05, 0.1) is 5.60 Å². The molecule has 0 amide bonds. The molecule has 3 heteroatoms. The molecule has 0 spiro atoms. The first kappa shape index (κ1) is 12.0. The molecule has 14 heavy (non-hydrogen) atoms. The average Bonchev–Trinajstić information content (AvgIpc) is 2.53. The first-order valence-electron chi connectivity index (χ1n) is 5.66. The normalized spacial score (nSPS) is 21.4. The Balaban J connectivity index is 2.11. The SMILES string of the molecule is CC(CNCC(C)(C)O)N1CCCC1. The van der Waals surface area contributed by atoms with E-state index in [2.05, 4.69) is 17.1 Å². The van der Waals surface area contributed by atoms with Crippen LogP contribution in [0.5, 0.6) is 0 Å². The van der Waals surface area contributed by atoms with Crippen molar-refractivity contribution < 1.29 is 5.11 Å². The molecule has 1 heterocycles. The maximum absolute atomic E-state index is 9.52. The van der Waals surface area contributed by atoms with E-state index in [1.807, 2.05) is 13.8 Å². The topological polar surface area (TPSA) is 35.5 Å². The van der Waals surface area contributed by atoms with Crippen molar-refractivity contribution in [2.45, 2.75) is 45.3 Å².